The van der Waals surface area contributed by atoms with Gasteiger partial charge in [-0.05, 0) is 140 Å². The normalized spacial score (nSPS) is 13.4. The van der Waals surface area contributed by atoms with Crippen molar-refractivity contribution in [3.63, 3.8) is 0 Å². The first-order valence-electron chi connectivity index (χ1n) is 25.2. The highest BCUT2D eigenvalue weighted by atomic mass is 32.2. The zero-order chi connectivity index (χ0) is 63.6. The van der Waals surface area contributed by atoms with E-state index in [1.54, 1.807) is 104 Å². The molecule has 0 saturated heterocycles. The lowest BCUT2D eigenvalue weighted by molar-refractivity contribution is -0.893. The van der Waals surface area contributed by atoms with E-state index < -0.39 is 93.1 Å². The first-order valence-corrected chi connectivity index (χ1v) is 38.1. The van der Waals surface area contributed by atoms with Crippen molar-refractivity contribution in [1.82, 2.24) is 4.31 Å². The topological polar surface area (TPSA) is 276 Å². The van der Waals surface area contributed by atoms with Crippen LogP contribution in [0.2, 0.25) is 0 Å². The van der Waals surface area contributed by atoms with Crippen LogP contribution in [0.25, 0.3) is 0 Å². The zero-order valence-electron chi connectivity index (χ0n) is 53.0. The molecule has 476 valence electrons. The van der Waals surface area contributed by atoms with E-state index in [0.717, 1.165) is 41.4 Å². The Labute approximate surface area is 482 Å². The quantitative estimate of drug-likeness (QED) is 0.117. The van der Waals surface area contributed by atoms with Gasteiger partial charge in [-0.1, -0.05) is 69.4 Å². The number of allylic oxidation sites excluding steroid dienone is 1. The van der Waals surface area contributed by atoms with Gasteiger partial charge in [0.1, 0.15) is 0 Å². The minimum Gasteiger partial charge on any atom is -0.395 e. The second kappa shape index (κ2) is 37.0. The van der Waals surface area contributed by atoms with Crippen LogP contribution in [0, 0.1) is 10.8 Å². The molecule has 0 heterocycles. The summed E-state index contributed by atoms with van der Waals surface area (Å²) in [5.74, 6) is 0.552. The highest BCUT2D eigenvalue weighted by Crippen LogP contribution is 2.21. The third-order valence-electron chi connectivity index (χ3n) is 9.34. The summed E-state index contributed by atoms with van der Waals surface area (Å²) in [4.78, 5) is 2.31. The van der Waals surface area contributed by atoms with Crippen LogP contribution in [0.1, 0.15) is 187 Å². The summed E-state index contributed by atoms with van der Waals surface area (Å²) in [6.45, 7) is 54.2. The average molecular weight is 1270 g/mol. The van der Waals surface area contributed by atoms with Crippen molar-refractivity contribution in [3.8, 4) is 0 Å². The molecule has 0 aliphatic rings. The van der Waals surface area contributed by atoms with Crippen LogP contribution in [0.4, 0.5) is 0 Å². The van der Waals surface area contributed by atoms with Crippen LogP contribution in [-0.4, -0.2) is 186 Å². The van der Waals surface area contributed by atoms with E-state index in [1.807, 2.05) is 6.92 Å². The Balaban J connectivity index is -0.000000123. The van der Waals surface area contributed by atoms with Crippen molar-refractivity contribution in [2.24, 2.45) is 10.8 Å². The summed E-state index contributed by atoms with van der Waals surface area (Å²) < 4.78 is 160. The number of hydrogen-bond donors (Lipinski definition) is 2. The number of aliphatic hydroxyl groups excluding tert-OH is 1. The molecule has 0 saturated carbocycles. The molecule has 0 rings (SSSR count). The fraction of sp³-hybridized carbons (Fsp3) is 0.961. The molecule has 0 aromatic heterocycles. The fourth-order valence-electron chi connectivity index (χ4n) is 3.57. The minimum atomic E-state index is -3.56. The number of sulfone groups is 5. The van der Waals surface area contributed by atoms with Crippen LogP contribution in [0.15, 0.2) is 11.5 Å². The first kappa shape index (κ1) is 93.0. The van der Waals surface area contributed by atoms with Crippen molar-refractivity contribution in [2.75, 3.05) is 93.5 Å². The number of hydrogen-bond acceptors (Lipinski definition) is 17. The molecule has 0 aromatic rings. The Morgan fingerprint density at radius 2 is 0.753 bits per heavy atom. The maximum atomic E-state index is 11.8. The summed E-state index contributed by atoms with van der Waals surface area (Å²) in [5, 5.41) is 8.39. The van der Waals surface area contributed by atoms with Crippen molar-refractivity contribution >= 4 is 81.1 Å². The van der Waals surface area contributed by atoms with E-state index in [9.17, 15) is 58.9 Å². The van der Waals surface area contributed by atoms with Gasteiger partial charge >= 0.3 is 0 Å². The predicted octanol–water partition coefficient (Wildman–Crippen LogP) is 7.79. The van der Waals surface area contributed by atoms with E-state index in [2.05, 4.69) is 80.0 Å². The van der Waals surface area contributed by atoms with Crippen LogP contribution in [0.5, 0.6) is 0 Å². The number of sulfonamides is 1. The summed E-state index contributed by atoms with van der Waals surface area (Å²) in [5.41, 5.74) is 1.00. The largest absolute Gasteiger partial charge is 0.395 e. The van der Waals surface area contributed by atoms with Crippen LogP contribution >= 0.6 is 11.8 Å². The van der Waals surface area contributed by atoms with E-state index in [0.29, 0.717) is 22.3 Å². The predicted molar refractivity (Wildman–Crippen MR) is 334 cm³/mol. The van der Waals surface area contributed by atoms with E-state index in [1.165, 1.54) is 23.7 Å². The first-order chi connectivity index (χ1) is 32.6. The zero-order valence-corrected chi connectivity index (χ0v) is 59.5. The van der Waals surface area contributed by atoms with Crippen molar-refractivity contribution in [2.45, 2.75) is 211 Å². The molecule has 0 radical (unpaired) electrons. The summed E-state index contributed by atoms with van der Waals surface area (Å²) >= 11 is 1.50. The minimum absolute atomic E-state index is 0. The van der Waals surface area contributed by atoms with Crippen molar-refractivity contribution in [3.05, 3.63) is 11.5 Å². The Bertz CT molecular complexity index is 2400. The summed E-state index contributed by atoms with van der Waals surface area (Å²) in [7, 11) is -21.0. The monoisotopic (exact) mass is 1270 g/mol. The number of rotatable bonds is 19. The van der Waals surface area contributed by atoms with Crippen molar-refractivity contribution < 1.29 is 73.1 Å². The summed E-state index contributed by atoms with van der Waals surface area (Å²) in [6, 6.07) is 0. The molecule has 18 nitrogen and oxygen atoms in total. The molecule has 0 atom stereocenters. The Kier molecular flexibility index (Phi) is 44.7. The van der Waals surface area contributed by atoms with E-state index in [-0.39, 0.29) is 50.2 Å². The van der Waals surface area contributed by atoms with Crippen molar-refractivity contribution in [1.29, 1.82) is 0 Å². The average Bonchev–Trinajstić information content (AvgIpc) is 3.10. The van der Waals surface area contributed by atoms with Gasteiger partial charge in [0.05, 0.1) is 97.9 Å². The number of thioether (sulfide) groups is 1. The number of quaternary nitrogens is 1. The van der Waals surface area contributed by atoms with Gasteiger partial charge < -0.3 is 10.0 Å². The third kappa shape index (κ3) is 55.9. The molecule has 0 aliphatic carbocycles. The maximum Gasteiger partial charge on any atom is 0.264 e. The molecule has 26 heteroatoms. The Hall–Kier alpha value is -0.420. The van der Waals surface area contributed by atoms with Gasteiger partial charge in [0, 0.05) is 19.3 Å². The van der Waals surface area contributed by atoms with Crippen LogP contribution < -0.4 is 4.90 Å². The van der Waals surface area contributed by atoms with Gasteiger partial charge in [-0.15, -0.1) is 11.8 Å². The summed E-state index contributed by atoms with van der Waals surface area (Å²) in [6.07, 6.45) is 1.94. The van der Waals surface area contributed by atoms with Gasteiger partial charge in [-0.3, -0.25) is 4.18 Å². The lowest BCUT2D eigenvalue weighted by Gasteiger charge is -2.21. The lowest BCUT2D eigenvalue weighted by Crippen LogP contribution is -3.12. The Morgan fingerprint density at radius 3 is 0.974 bits per heavy atom. The van der Waals surface area contributed by atoms with E-state index in [4.69, 9.17) is 5.11 Å². The molecule has 0 spiro atoms. The number of aliphatic hydroxyl groups is 1. The standard InChI is InChI=1S/C10H23NO2S.C9H18O2S2.C8H19NO4S2.C7H16O5S2.C6H14O3S.2C5H12.CH4/c1-6-11(7-2)8-9-14(12,13)10(3,4)5;1-8(2)12-6-7-13(10,11)9(3,4)5;1-8(2,3)15(12,13)7-6-9(4)14(5,10)11;1-7(2,3)14(10,11)6-5-12-13(4,8)9;1-6(2,3)10(8,9)5-4-7;2*1-5(2,3)4;/h6-9H2,1-5H3;1,6-7H2,2-5H3;6-7H2,1-5H3;5-6H2,1-4H3;7H,4-5H2,1-3H3;2*1-4H3;1H4/p+1. The smallest absolute Gasteiger partial charge is 0.264 e. The van der Waals surface area contributed by atoms with Crippen LogP contribution in [0.3, 0.4) is 0 Å². The van der Waals surface area contributed by atoms with E-state index >= 15 is 0 Å². The Morgan fingerprint density at radius 1 is 0.494 bits per heavy atom. The molecule has 0 aromatic carbocycles. The fourth-order valence-corrected chi connectivity index (χ4v) is 10.8. The molecule has 0 unspecified atom stereocenters. The molecule has 77 heavy (non-hydrogen) atoms. The molecule has 0 aliphatic heterocycles. The molecular formula is C51H119N2O16S8+. The van der Waals surface area contributed by atoms with Gasteiger partial charge in [0.2, 0.25) is 10.0 Å². The van der Waals surface area contributed by atoms with Gasteiger partial charge in [0.25, 0.3) is 10.1 Å². The molecular weight excluding hydrogens is 1150 g/mol. The number of nitrogens with one attached hydrogen (secondary N) is 1. The van der Waals surface area contributed by atoms with Gasteiger partial charge in [-0.25, -0.2) is 54.8 Å². The second-order valence-corrected chi connectivity index (χ2v) is 45.7. The molecule has 0 fully saturated rings. The third-order valence-corrected chi connectivity index (χ3v) is 25.4. The highest BCUT2D eigenvalue weighted by molar-refractivity contribution is 8.04. The second-order valence-electron chi connectivity index (χ2n) is 26.2. The van der Waals surface area contributed by atoms with Crippen LogP contribution in [-0.2, 0) is 73.5 Å². The SMILES string of the molecule is C.C=C(C)SCCS(=O)(=O)C(C)(C)C.CC(C)(C)C.CC(C)(C)C.CC(C)(C)S(=O)(=O)CCO.CC(C)(C)S(=O)(=O)CCOS(C)(=O)=O.CC[NH+](CC)CCS(=O)(=O)C(C)(C)C.CN(CCS(=O)(=O)C(C)(C)C)S(C)(=O)=O. The molecule has 2 N–H and O–H groups in total. The van der Waals surface area contributed by atoms with Gasteiger partial charge in [0.15, 0.2) is 49.2 Å². The lowest BCUT2D eigenvalue weighted by atomic mass is 10.0. The number of nitrogens with zero attached hydrogens (tertiary/aromatic N) is 1. The molecule has 0 bridgehead atoms. The highest BCUT2D eigenvalue weighted by Gasteiger charge is 2.32. The maximum absolute atomic E-state index is 11.8. The van der Waals surface area contributed by atoms with Gasteiger partial charge in [-0.2, -0.15) is 8.42 Å². The molecule has 0 amide bonds.